The van der Waals surface area contributed by atoms with Gasteiger partial charge >= 0.3 is 0 Å². The van der Waals surface area contributed by atoms with E-state index in [-0.39, 0.29) is 0 Å². The molecule has 0 atom stereocenters. The maximum Gasteiger partial charge on any atom is 0.165 e. The molecule has 0 N–H and O–H groups in total. The second-order valence-electron chi connectivity index (χ2n) is 14.1. The monoisotopic (exact) mass is 741 g/mol. The largest absolute Gasteiger partial charge is 0.228 e. The fraction of sp³-hybridized carbons (Fsp3) is 0. The molecule has 0 unspecified atom stereocenters. The third kappa shape index (κ3) is 6.82. The summed E-state index contributed by atoms with van der Waals surface area (Å²) in [6, 6.07) is 72.8. The summed E-state index contributed by atoms with van der Waals surface area (Å²) in [7, 11) is 0. The van der Waals surface area contributed by atoms with Crippen LogP contribution in [0.3, 0.4) is 0 Å². The van der Waals surface area contributed by atoms with Gasteiger partial charge in [-0.25, -0.2) is 24.9 Å². The molecule has 2 heterocycles. The lowest BCUT2D eigenvalue weighted by Gasteiger charge is -2.16. The van der Waals surface area contributed by atoms with E-state index in [0.717, 1.165) is 77.8 Å². The first-order chi connectivity index (χ1) is 28.7. The molecule has 5 heteroatoms. The van der Waals surface area contributed by atoms with E-state index in [1.807, 2.05) is 97.1 Å². The van der Waals surface area contributed by atoms with E-state index in [0.29, 0.717) is 23.3 Å². The van der Waals surface area contributed by atoms with Crippen LogP contribution in [0.15, 0.2) is 212 Å². The van der Waals surface area contributed by atoms with Crippen molar-refractivity contribution < 1.29 is 0 Å². The summed E-state index contributed by atoms with van der Waals surface area (Å²) in [6.45, 7) is 0. The molecule has 2 aromatic heterocycles. The van der Waals surface area contributed by atoms with E-state index in [1.165, 1.54) is 0 Å². The third-order valence-corrected chi connectivity index (χ3v) is 10.4. The van der Waals surface area contributed by atoms with E-state index in [4.69, 9.17) is 24.9 Å². The maximum atomic E-state index is 5.17. The van der Waals surface area contributed by atoms with Gasteiger partial charge in [-0.2, -0.15) is 0 Å². The van der Waals surface area contributed by atoms with Crippen LogP contribution in [0.5, 0.6) is 0 Å². The quantitative estimate of drug-likeness (QED) is 0.155. The lowest BCUT2D eigenvalue weighted by molar-refractivity contribution is 1.08. The van der Waals surface area contributed by atoms with Crippen LogP contribution in [-0.2, 0) is 0 Å². The number of fused-ring (bicyclic) bond motifs is 1. The van der Waals surface area contributed by atoms with Crippen molar-refractivity contribution in [3.8, 4) is 90.3 Å². The predicted molar refractivity (Wildman–Crippen MR) is 236 cm³/mol. The second-order valence-corrected chi connectivity index (χ2v) is 14.1. The Labute approximate surface area is 337 Å². The van der Waals surface area contributed by atoms with Gasteiger partial charge in [0.25, 0.3) is 0 Å². The number of hydrogen-bond acceptors (Lipinski definition) is 5. The van der Waals surface area contributed by atoms with Gasteiger partial charge in [0.05, 0.1) is 11.4 Å². The second kappa shape index (κ2) is 15.3. The van der Waals surface area contributed by atoms with Crippen LogP contribution in [-0.4, -0.2) is 24.9 Å². The zero-order valence-electron chi connectivity index (χ0n) is 31.4. The Morgan fingerprint density at radius 2 is 0.672 bits per heavy atom. The summed E-state index contributed by atoms with van der Waals surface area (Å²) < 4.78 is 0. The Balaban J connectivity index is 1.10. The first-order valence-electron chi connectivity index (χ1n) is 19.3. The summed E-state index contributed by atoms with van der Waals surface area (Å²) in [6.07, 6.45) is 0. The maximum absolute atomic E-state index is 5.17. The highest BCUT2D eigenvalue weighted by atomic mass is 15.0. The molecule has 272 valence electrons. The van der Waals surface area contributed by atoms with Crippen LogP contribution in [0.2, 0.25) is 0 Å². The minimum Gasteiger partial charge on any atom is -0.228 e. The van der Waals surface area contributed by atoms with Crippen molar-refractivity contribution >= 4 is 10.8 Å². The summed E-state index contributed by atoms with van der Waals surface area (Å²) in [5.74, 6) is 2.56. The lowest BCUT2D eigenvalue weighted by Crippen LogP contribution is -2.01. The summed E-state index contributed by atoms with van der Waals surface area (Å²) in [4.78, 5) is 25.6. The molecule has 0 aliphatic rings. The zero-order valence-corrected chi connectivity index (χ0v) is 31.4. The number of rotatable bonds is 8. The van der Waals surface area contributed by atoms with Crippen molar-refractivity contribution in [1.82, 2.24) is 24.9 Å². The van der Waals surface area contributed by atoms with E-state index in [1.54, 1.807) is 0 Å². The SMILES string of the molecule is c1ccc(-c2cc(-c3ccccc3)nc(-c3ccccc3-c3ccc(-c4ccc5ccccc5c4-c4nc(-c5ccccc5)nc(-c5ccccc5)n4)cc3)n2)cc1. The molecule has 5 nitrogen and oxygen atoms in total. The highest BCUT2D eigenvalue weighted by Gasteiger charge is 2.19. The van der Waals surface area contributed by atoms with E-state index < -0.39 is 0 Å². The average Bonchev–Trinajstić information content (AvgIpc) is 3.32. The van der Waals surface area contributed by atoms with Crippen molar-refractivity contribution in [2.24, 2.45) is 0 Å². The highest BCUT2D eigenvalue weighted by Crippen LogP contribution is 2.40. The van der Waals surface area contributed by atoms with E-state index in [9.17, 15) is 0 Å². The van der Waals surface area contributed by atoms with Crippen molar-refractivity contribution in [2.75, 3.05) is 0 Å². The molecule has 0 aliphatic carbocycles. The van der Waals surface area contributed by atoms with Crippen molar-refractivity contribution in [3.05, 3.63) is 212 Å². The summed E-state index contributed by atoms with van der Waals surface area (Å²) >= 11 is 0. The topological polar surface area (TPSA) is 64.5 Å². The van der Waals surface area contributed by atoms with Gasteiger partial charge in [0, 0.05) is 33.4 Å². The first-order valence-corrected chi connectivity index (χ1v) is 19.3. The molecule has 10 aromatic rings. The van der Waals surface area contributed by atoms with Crippen LogP contribution in [0.25, 0.3) is 101 Å². The highest BCUT2D eigenvalue weighted by molar-refractivity contribution is 6.03. The molecule has 0 spiro atoms. The van der Waals surface area contributed by atoms with Crippen LogP contribution < -0.4 is 0 Å². The first kappa shape index (κ1) is 34.6. The van der Waals surface area contributed by atoms with E-state index in [2.05, 4.69) is 115 Å². The third-order valence-electron chi connectivity index (χ3n) is 10.4. The Morgan fingerprint density at radius 1 is 0.241 bits per heavy atom. The van der Waals surface area contributed by atoms with Gasteiger partial charge in [-0.3, -0.25) is 0 Å². The minimum atomic E-state index is 0.624. The molecular formula is C53H35N5. The number of hydrogen-bond donors (Lipinski definition) is 0. The Kier molecular flexibility index (Phi) is 9.14. The van der Waals surface area contributed by atoms with Gasteiger partial charge in [-0.1, -0.05) is 206 Å². The Morgan fingerprint density at radius 3 is 1.22 bits per heavy atom. The van der Waals surface area contributed by atoms with Crippen molar-refractivity contribution in [2.45, 2.75) is 0 Å². The molecule has 58 heavy (non-hydrogen) atoms. The van der Waals surface area contributed by atoms with Gasteiger partial charge in [0.2, 0.25) is 0 Å². The molecule has 0 saturated carbocycles. The fourth-order valence-electron chi connectivity index (χ4n) is 7.51. The predicted octanol–water partition coefficient (Wildman–Crippen LogP) is 13.2. The Bertz CT molecular complexity index is 2910. The lowest BCUT2D eigenvalue weighted by atomic mass is 9.91. The Hall–Kier alpha value is -7.89. The van der Waals surface area contributed by atoms with Gasteiger partial charge in [0.15, 0.2) is 23.3 Å². The van der Waals surface area contributed by atoms with Crippen molar-refractivity contribution in [3.63, 3.8) is 0 Å². The standard InChI is InChI=1S/C53H35N5/c1-5-18-39(19-6-1)47-35-48(40-20-7-2-8-21-40)55-52(54-47)46-28-16-15-26-43(46)37-29-31-38(32-30-37)45-34-33-36-17-13-14-27-44(36)49(45)53-57-50(41-22-9-3-10-23-41)56-51(58-53)42-24-11-4-12-25-42/h1-35H. The fourth-order valence-corrected chi connectivity index (χ4v) is 7.51. The molecule has 10 rings (SSSR count). The molecule has 0 fully saturated rings. The van der Waals surface area contributed by atoms with Crippen LogP contribution in [0.1, 0.15) is 0 Å². The molecule has 0 amide bonds. The van der Waals surface area contributed by atoms with Crippen LogP contribution >= 0.6 is 0 Å². The van der Waals surface area contributed by atoms with Gasteiger partial charge in [0.1, 0.15) is 0 Å². The zero-order chi connectivity index (χ0) is 38.7. The van der Waals surface area contributed by atoms with Gasteiger partial charge in [-0.15, -0.1) is 0 Å². The van der Waals surface area contributed by atoms with Gasteiger partial charge in [-0.05, 0) is 39.1 Å². The summed E-state index contributed by atoms with van der Waals surface area (Å²) in [5.41, 5.74) is 11.8. The molecule has 0 saturated heterocycles. The number of nitrogens with zero attached hydrogens (tertiary/aromatic N) is 5. The number of aromatic nitrogens is 5. The normalized spacial score (nSPS) is 11.1. The molecule has 8 aromatic carbocycles. The molecular weight excluding hydrogens is 707 g/mol. The van der Waals surface area contributed by atoms with Crippen LogP contribution in [0, 0.1) is 0 Å². The van der Waals surface area contributed by atoms with Gasteiger partial charge < -0.3 is 0 Å². The smallest absolute Gasteiger partial charge is 0.165 e. The van der Waals surface area contributed by atoms with Crippen molar-refractivity contribution in [1.29, 1.82) is 0 Å². The molecule has 0 aliphatic heterocycles. The molecule has 0 bridgehead atoms. The summed E-state index contributed by atoms with van der Waals surface area (Å²) in [5, 5.41) is 2.19. The van der Waals surface area contributed by atoms with E-state index >= 15 is 0 Å². The minimum absolute atomic E-state index is 0.624. The average molecular weight is 742 g/mol. The molecule has 0 radical (unpaired) electrons. The van der Waals surface area contributed by atoms with Crippen LogP contribution in [0.4, 0.5) is 0 Å². The number of benzene rings is 8.